The van der Waals surface area contributed by atoms with Gasteiger partial charge in [-0.25, -0.2) is 0 Å². The van der Waals surface area contributed by atoms with E-state index in [2.05, 4.69) is 4.40 Å². The number of carboxylic acids is 1. The van der Waals surface area contributed by atoms with Crippen molar-refractivity contribution in [1.82, 2.24) is 0 Å². The molecule has 0 rings (SSSR count). The van der Waals surface area contributed by atoms with E-state index in [9.17, 15) is 4.79 Å². The Balaban J connectivity index is 3.44. The number of aliphatic carboxylic acids is 1. The summed E-state index contributed by atoms with van der Waals surface area (Å²) in [7, 11) is 0. The van der Waals surface area contributed by atoms with Crippen LogP contribution in [0.25, 0.3) is 0 Å². The molecule has 0 aliphatic heterocycles. The maximum Gasteiger partial charge on any atom is 0.320 e. The molecule has 6 nitrogen and oxygen atoms in total. The van der Waals surface area contributed by atoms with Crippen LogP contribution in [0.4, 0.5) is 0 Å². The van der Waals surface area contributed by atoms with E-state index in [1.165, 1.54) is 0 Å². The highest BCUT2D eigenvalue weighted by molar-refractivity contribution is 7.98. The van der Waals surface area contributed by atoms with Crippen molar-refractivity contribution in [2.24, 2.45) is 21.6 Å². The SMILES string of the molecule is NC(N)=NSCC[C@H](N)C(=O)O. The third-order valence-electron chi connectivity index (χ3n) is 1.01. The summed E-state index contributed by atoms with van der Waals surface area (Å²) in [5.74, 6) is -0.546. The van der Waals surface area contributed by atoms with Crippen molar-refractivity contribution < 1.29 is 9.90 Å². The minimum absolute atomic E-state index is 0.0242. The predicted molar refractivity (Wildman–Crippen MR) is 48.5 cm³/mol. The fraction of sp³-hybridized carbons (Fsp3) is 0.600. The Kier molecular flexibility index (Phi) is 5.22. The van der Waals surface area contributed by atoms with Gasteiger partial charge in [0.1, 0.15) is 6.04 Å². The highest BCUT2D eigenvalue weighted by Crippen LogP contribution is 2.04. The minimum atomic E-state index is -1.01. The summed E-state index contributed by atoms with van der Waals surface area (Å²) in [5, 5.41) is 8.37. The van der Waals surface area contributed by atoms with E-state index in [4.69, 9.17) is 22.3 Å². The van der Waals surface area contributed by atoms with Gasteiger partial charge in [-0.3, -0.25) is 4.79 Å². The van der Waals surface area contributed by atoms with Gasteiger partial charge in [0.05, 0.1) is 0 Å². The van der Waals surface area contributed by atoms with E-state index >= 15 is 0 Å². The third kappa shape index (κ3) is 5.81. The molecular weight excluding hydrogens is 180 g/mol. The van der Waals surface area contributed by atoms with Gasteiger partial charge < -0.3 is 22.3 Å². The van der Waals surface area contributed by atoms with Gasteiger partial charge in [0.25, 0.3) is 0 Å². The molecule has 12 heavy (non-hydrogen) atoms. The maximum absolute atomic E-state index is 10.2. The summed E-state index contributed by atoms with van der Waals surface area (Å²) in [4.78, 5) is 10.2. The summed E-state index contributed by atoms with van der Waals surface area (Å²) in [6.45, 7) is 0. The Labute approximate surface area is 74.3 Å². The lowest BCUT2D eigenvalue weighted by Gasteiger charge is -2.02. The third-order valence-corrected chi connectivity index (χ3v) is 1.77. The van der Waals surface area contributed by atoms with Gasteiger partial charge in [-0.2, -0.15) is 4.40 Å². The second-order valence-electron chi connectivity index (χ2n) is 2.08. The highest BCUT2D eigenvalue weighted by atomic mass is 32.2. The van der Waals surface area contributed by atoms with Crippen molar-refractivity contribution in [3.63, 3.8) is 0 Å². The number of nitrogens with zero attached hydrogens (tertiary/aromatic N) is 1. The van der Waals surface area contributed by atoms with Crippen LogP contribution in [-0.2, 0) is 4.79 Å². The van der Waals surface area contributed by atoms with E-state index in [0.29, 0.717) is 12.2 Å². The Hall–Kier alpha value is -0.950. The van der Waals surface area contributed by atoms with Crippen LogP contribution in [0, 0.1) is 0 Å². The molecule has 0 heterocycles. The summed E-state index contributed by atoms with van der Waals surface area (Å²) in [6.07, 6.45) is 0.344. The molecule has 0 amide bonds. The van der Waals surface area contributed by atoms with Crippen molar-refractivity contribution >= 4 is 23.9 Å². The number of hydrogen-bond donors (Lipinski definition) is 4. The van der Waals surface area contributed by atoms with Crippen LogP contribution in [0.1, 0.15) is 6.42 Å². The first kappa shape index (κ1) is 11.1. The Morgan fingerprint density at radius 3 is 2.58 bits per heavy atom. The zero-order valence-corrected chi connectivity index (χ0v) is 7.25. The molecule has 0 aromatic carbocycles. The standard InChI is InChI=1S/C5H12N4O2S/c6-3(4(10)11)1-2-12-9-5(7)8/h3H,1-2,6H2,(H,10,11)(H4,7,8,9)/t3-/m0/s1. The first-order valence-corrected chi connectivity index (χ1v) is 4.17. The van der Waals surface area contributed by atoms with Crippen LogP contribution in [0.2, 0.25) is 0 Å². The van der Waals surface area contributed by atoms with E-state index < -0.39 is 12.0 Å². The molecule has 7 heteroatoms. The zero-order chi connectivity index (χ0) is 9.56. The topological polar surface area (TPSA) is 128 Å². The molecule has 0 aromatic rings. The smallest absolute Gasteiger partial charge is 0.320 e. The second-order valence-corrected chi connectivity index (χ2v) is 2.93. The van der Waals surface area contributed by atoms with E-state index in [1.807, 2.05) is 0 Å². The van der Waals surface area contributed by atoms with Crippen molar-refractivity contribution in [3.05, 3.63) is 0 Å². The van der Waals surface area contributed by atoms with Crippen LogP contribution in [0.3, 0.4) is 0 Å². The summed E-state index contributed by atoms with van der Waals surface area (Å²) < 4.78 is 3.60. The Morgan fingerprint density at radius 1 is 1.58 bits per heavy atom. The number of carboxylic acid groups (broad SMARTS) is 1. The zero-order valence-electron chi connectivity index (χ0n) is 6.43. The summed E-state index contributed by atoms with van der Waals surface area (Å²) >= 11 is 1.10. The predicted octanol–water partition coefficient (Wildman–Crippen LogP) is -1.29. The van der Waals surface area contributed by atoms with Gasteiger partial charge in [-0.05, 0) is 18.4 Å². The van der Waals surface area contributed by atoms with Crippen LogP contribution >= 0.6 is 11.9 Å². The molecule has 0 aromatic heterocycles. The molecule has 7 N–H and O–H groups in total. The summed E-state index contributed by atoms with van der Waals surface area (Å²) in [5.41, 5.74) is 15.3. The fourth-order valence-electron chi connectivity index (χ4n) is 0.423. The lowest BCUT2D eigenvalue weighted by atomic mass is 10.2. The number of carbonyl (C=O) groups is 1. The lowest BCUT2D eigenvalue weighted by molar-refractivity contribution is -0.138. The van der Waals surface area contributed by atoms with Crippen molar-refractivity contribution in [2.45, 2.75) is 12.5 Å². The number of rotatable bonds is 5. The molecule has 0 saturated heterocycles. The molecule has 1 atom stereocenters. The molecule has 0 radical (unpaired) electrons. The molecule has 0 bridgehead atoms. The molecule has 70 valence electrons. The average Bonchev–Trinajstić information content (AvgIpc) is 1.97. The molecule has 0 saturated carbocycles. The van der Waals surface area contributed by atoms with Crippen molar-refractivity contribution in [3.8, 4) is 0 Å². The Bertz CT molecular complexity index is 180. The van der Waals surface area contributed by atoms with Gasteiger partial charge >= 0.3 is 5.97 Å². The van der Waals surface area contributed by atoms with E-state index in [0.717, 1.165) is 11.9 Å². The first-order valence-electron chi connectivity index (χ1n) is 3.23. The van der Waals surface area contributed by atoms with Gasteiger partial charge in [-0.15, -0.1) is 0 Å². The van der Waals surface area contributed by atoms with Crippen LogP contribution < -0.4 is 17.2 Å². The number of guanidine groups is 1. The van der Waals surface area contributed by atoms with E-state index in [-0.39, 0.29) is 5.96 Å². The quantitative estimate of drug-likeness (QED) is 0.186. The van der Waals surface area contributed by atoms with Crippen LogP contribution in [0.15, 0.2) is 4.40 Å². The molecule has 0 fully saturated rings. The normalized spacial score (nSPS) is 12.1. The van der Waals surface area contributed by atoms with Crippen LogP contribution in [0.5, 0.6) is 0 Å². The Morgan fingerprint density at radius 2 is 2.17 bits per heavy atom. The van der Waals surface area contributed by atoms with Crippen molar-refractivity contribution in [1.29, 1.82) is 0 Å². The molecular formula is C5H12N4O2S. The maximum atomic E-state index is 10.2. The largest absolute Gasteiger partial charge is 0.480 e. The number of hydrogen-bond acceptors (Lipinski definition) is 4. The lowest BCUT2D eigenvalue weighted by Crippen LogP contribution is -2.30. The average molecular weight is 192 g/mol. The molecule has 0 aliphatic rings. The van der Waals surface area contributed by atoms with Gasteiger partial charge in [0.15, 0.2) is 5.96 Å². The van der Waals surface area contributed by atoms with Crippen molar-refractivity contribution in [2.75, 3.05) is 5.75 Å². The van der Waals surface area contributed by atoms with Gasteiger partial charge in [-0.1, -0.05) is 0 Å². The molecule has 0 aliphatic carbocycles. The summed E-state index contributed by atoms with van der Waals surface area (Å²) in [6, 6.07) is -0.841. The highest BCUT2D eigenvalue weighted by Gasteiger charge is 2.09. The fourth-order valence-corrected chi connectivity index (χ4v) is 1.02. The first-order chi connectivity index (χ1) is 5.54. The van der Waals surface area contributed by atoms with Crippen LogP contribution in [-0.4, -0.2) is 28.8 Å². The molecule has 0 spiro atoms. The van der Waals surface area contributed by atoms with Gasteiger partial charge in [0, 0.05) is 5.75 Å². The number of nitrogens with two attached hydrogens (primary N) is 3. The monoisotopic (exact) mass is 192 g/mol. The minimum Gasteiger partial charge on any atom is -0.480 e. The van der Waals surface area contributed by atoms with E-state index in [1.54, 1.807) is 0 Å². The molecule has 0 unspecified atom stereocenters. The second kappa shape index (κ2) is 5.67. The van der Waals surface area contributed by atoms with Gasteiger partial charge in [0.2, 0.25) is 0 Å².